The summed E-state index contributed by atoms with van der Waals surface area (Å²) in [6.07, 6.45) is 25.2. The molecule has 0 aliphatic rings. The van der Waals surface area contributed by atoms with Gasteiger partial charge in [-0.15, -0.1) is 0 Å². The van der Waals surface area contributed by atoms with Crippen molar-refractivity contribution in [2.24, 2.45) is 11.7 Å². The van der Waals surface area contributed by atoms with Gasteiger partial charge in [0.2, 0.25) is 0 Å². The number of allylic oxidation sites excluding steroid dienone is 11. The van der Waals surface area contributed by atoms with Crippen LogP contribution in [0.5, 0.6) is 0 Å². The molecule has 5 nitrogen and oxygen atoms in total. The Kier molecular flexibility index (Phi) is 18.4. The Bertz CT molecular complexity index is 677. The predicted octanol–water partition coefficient (Wildman–Crippen LogP) is 4.57. The van der Waals surface area contributed by atoms with Crippen molar-refractivity contribution in [2.75, 3.05) is 5.75 Å². The van der Waals surface area contributed by atoms with Crippen molar-refractivity contribution in [3.8, 4) is 0 Å². The van der Waals surface area contributed by atoms with E-state index in [0.717, 1.165) is 25.3 Å². The lowest BCUT2D eigenvalue weighted by atomic mass is 9.86. The highest BCUT2D eigenvalue weighted by Crippen LogP contribution is 2.20. The molecule has 0 saturated heterocycles. The first kappa shape index (κ1) is 28.9. The van der Waals surface area contributed by atoms with Gasteiger partial charge in [-0.05, 0) is 19.3 Å². The summed E-state index contributed by atoms with van der Waals surface area (Å²) >= 11 is 4.11. The number of aliphatic hydroxyl groups excluding tert-OH is 1. The number of carboxylic acids is 1. The largest absolute Gasteiger partial charge is 0.478 e. The smallest absolute Gasteiger partial charge is 0.328 e. The normalized spacial score (nSPS) is 15.9. The van der Waals surface area contributed by atoms with Gasteiger partial charge in [-0.25, -0.2) is 4.79 Å². The number of Topliss-reactive ketones (excluding diaryl/α,β-unsaturated/α-hetero) is 1. The summed E-state index contributed by atoms with van der Waals surface area (Å²) in [6.45, 7) is 2.11. The molecule has 0 bridgehead atoms. The second kappa shape index (κ2) is 19.8. The van der Waals surface area contributed by atoms with E-state index in [2.05, 4.69) is 19.6 Å². The van der Waals surface area contributed by atoms with E-state index in [1.807, 2.05) is 42.5 Å². The standard InChI is InChI=1S/C25H37NO4S/c1-2-3-14-18-23(27)21(25(30)22(26)20-31)17-15-12-10-8-6-4-5-7-9-11-13-16-19-24(28)29/h4-13,16,19,21-23,27,31H,2-3,14-15,17-18,20,26H2,1H3,(H,28,29)/t21?,22-,23?/m0/s1. The molecule has 0 saturated carbocycles. The molecule has 0 aromatic heterocycles. The van der Waals surface area contributed by atoms with Crippen LogP contribution in [0.1, 0.15) is 45.4 Å². The molecule has 0 aromatic carbocycles. The molecule has 0 fully saturated rings. The molecule has 0 heterocycles. The molecule has 31 heavy (non-hydrogen) atoms. The third-order valence-corrected chi connectivity index (χ3v) is 4.91. The van der Waals surface area contributed by atoms with Crippen molar-refractivity contribution in [3.05, 3.63) is 72.9 Å². The molecule has 6 heteroatoms. The van der Waals surface area contributed by atoms with E-state index in [0.29, 0.717) is 19.3 Å². The molecule has 0 radical (unpaired) electrons. The van der Waals surface area contributed by atoms with Crippen molar-refractivity contribution in [1.82, 2.24) is 0 Å². The maximum Gasteiger partial charge on any atom is 0.328 e. The molecule has 3 atom stereocenters. The van der Waals surface area contributed by atoms with Crippen molar-refractivity contribution < 1.29 is 19.8 Å². The number of carboxylic acid groups (broad SMARTS) is 1. The van der Waals surface area contributed by atoms with Gasteiger partial charge < -0.3 is 15.9 Å². The number of unbranched alkanes of at least 4 members (excludes halogenated alkanes) is 2. The van der Waals surface area contributed by atoms with Crippen LogP contribution >= 0.6 is 12.6 Å². The molecule has 2 unspecified atom stereocenters. The van der Waals surface area contributed by atoms with Crippen molar-refractivity contribution in [2.45, 2.75) is 57.6 Å². The first-order valence-electron chi connectivity index (χ1n) is 10.7. The van der Waals surface area contributed by atoms with Crippen LogP contribution in [0.15, 0.2) is 72.9 Å². The maximum absolute atomic E-state index is 12.5. The molecule has 172 valence electrons. The number of ketones is 1. The number of thiol groups is 1. The number of carbonyl (C=O) groups excluding carboxylic acids is 1. The zero-order chi connectivity index (χ0) is 23.3. The second-order valence-electron chi connectivity index (χ2n) is 7.10. The minimum atomic E-state index is -0.974. The van der Waals surface area contributed by atoms with Crippen LogP contribution in [-0.2, 0) is 9.59 Å². The minimum Gasteiger partial charge on any atom is -0.478 e. The third-order valence-electron chi connectivity index (χ3n) is 4.51. The predicted molar refractivity (Wildman–Crippen MR) is 132 cm³/mol. The van der Waals surface area contributed by atoms with Crippen LogP contribution in [0.3, 0.4) is 0 Å². The first-order valence-corrected chi connectivity index (χ1v) is 11.4. The Balaban J connectivity index is 4.46. The lowest BCUT2D eigenvalue weighted by Gasteiger charge is -2.23. The number of aliphatic hydroxyl groups is 1. The monoisotopic (exact) mass is 447 g/mol. The number of hydrogen-bond acceptors (Lipinski definition) is 5. The number of rotatable bonds is 17. The Morgan fingerprint density at radius 1 is 0.903 bits per heavy atom. The Morgan fingerprint density at radius 2 is 1.45 bits per heavy atom. The lowest BCUT2D eigenvalue weighted by molar-refractivity contribution is -0.131. The Hall–Kier alpha value is -2.15. The van der Waals surface area contributed by atoms with Crippen molar-refractivity contribution in [3.63, 3.8) is 0 Å². The average Bonchev–Trinajstić information content (AvgIpc) is 2.75. The molecule has 0 rings (SSSR count). The summed E-state index contributed by atoms with van der Waals surface area (Å²) in [5.74, 6) is -1.25. The van der Waals surface area contributed by atoms with E-state index >= 15 is 0 Å². The summed E-state index contributed by atoms with van der Waals surface area (Å²) in [5, 5.41) is 18.9. The quantitative estimate of drug-likeness (QED) is 0.113. The van der Waals surface area contributed by atoms with Gasteiger partial charge in [0, 0.05) is 17.7 Å². The number of nitrogens with two attached hydrogens (primary N) is 1. The molecule has 4 N–H and O–H groups in total. The number of hydrogen-bond donors (Lipinski definition) is 4. The highest BCUT2D eigenvalue weighted by molar-refractivity contribution is 7.80. The van der Waals surface area contributed by atoms with Gasteiger partial charge in [0.05, 0.1) is 12.1 Å². The second-order valence-corrected chi connectivity index (χ2v) is 7.47. The summed E-state index contributed by atoms with van der Waals surface area (Å²) < 4.78 is 0. The highest BCUT2D eigenvalue weighted by atomic mass is 32.1. The minimum absolute atomic E-state index is 0.106. The number of aliphatic carboxylic acids is 1. The van der Waals surface area contributed by atoms with E-state index in [1.54, 1.807) is 18.2 Å². The molecular weight excluding hydrogens is 410 g/mol. The summed E-state index contributed by atoms with van der Waals surface area (Å²) in [5.41, 5.74) is 5.86. The molecule has 0 aliphatic heterocycles. The number of carbonyl (C=O) groups is 2. The highest BCUT2D eigenvalue weighted by Gasteiger charge is 2.28. The van der Waals surface area contributed by atoms with E-state index < -0.39 is 24.0 Å². The topological polar surface area (TPSA) is 101 Å². The van der Waals surface area contributed by atoms with Gasteiger partial charge in [0.1, 0.15) is 0 Å². The zero-order valence-corrected chi connectivity index (χ0v) is 19.2. The summed E-state index contributed by atoms with van der Waals surface area (Å²) in [6, 6.07) is -0.640. The fourth-order valence-electron chi connectivity index (χ4n) is 2.80. The van der Waals surface area contributed by atoms with Gasteiger partial charge in [-0.2, -0.15) is 12.6 Å². The van der Waals surface area contributed by atoms with E-state index in [9.17, 15) is 14.7 Å². The van der Waals surface area contributed by atoms with Crippen LogP contribution in [0, 0.1) is 5.92 Å². The molecule has 0 aliphatic carbocycles. The Morgan fingerprint density at radius 3 is 1.97 bits per heavy atom. The van der Waals surface area contributed by atoms with Gasteiger partial charge in [0.15, 0.2) is 5.78 Å². The maximum atomic E-state index is 12.5. The molecule has 0 aromatic rings. The lowest BCUT2D eigenvalue weighted by Crippen LogP contribution is -2.41. The Labute approximate surface area is 192 Å². The van der Waals surface area contributed by atoms with Gasteiger partial charge in [0.25, 0.3) is 0 Å². The first-order chi connectivity index (χ1) is 14.9. The van der Waals surface area contributed by atoms with E-state index in [-0.39, 0.29) is 11.5 Å². The SMILES string of the molecule is CCCCCC(O)C(CCC=CC=CC=CC=CC=CC=CC(=O)O)C(=O)[C@@H](N)CS. The van der Waals surface area contributed by atoms with Crippen LogP contribution in [0.4, 0.5) is 0 Å². The molecule has 0 spiro atoms. The van der Waals surface area contributed by atoms with E-state index in [4.69, 9.17) is 10.8 Å². The zero-order valence-electron chi connectivity index (χ0n) is 18.3. The summed E-state index contributed by atoms with van der Waals surface area (Å²) in [4.78, 5) is 22.8. The fraction of sp³-hybridized carbons (Fsp3) is 0.440. The van der Waals surface area contributed by atoms with Crippen molar-refractivity contribution >= 4 is 24.4 Å². The van der Waals surface area contributed by atoms with Crippen molar-refractivity contribution in [1.29, 1.82) is 0 Å². The fourth-order valence-corrected chi connectivity index (χ4v) is 2.98. The van der Waals surface area contributed by atoms with Crippen LogP contribution in [-0.4, -0.2) is 39.9 Å². The van der Waals surface area contributed by atoms with Crippen LogP contribution in [0.2, 0.25) is 0 Å². The van der Waals surface area contributed by atoms with Crippen LogP contribution < -0.4 is 5.73 Å². The van der Waals surface area contributed by atoms with Gasteiger partial charge >= 0.3 is 5.97 Å². The third kappa shape index (κ3) is 16.2. The van der Waals surface area contributed by atoms with E-state index in [1.165, 1.54) is 6.08 Å². The summed E-state index contributed by atoms with van der Waals surface area (Å²) in [7, 11) is 0. The average molecular weight is 448 g/mol. The van der Waals surface area contributed by atoms with Crippen LogP contribution in [0.25, 0.3) is 0 Å². The molecule has 0 amide bonds. The molecular formula is C25H37NO4S. The van der Waals surface area contributed by atoms with Gasteiger partial charge in [-0.3, -0.25) is 4.79 Å². The van der Waals surface area contributed by atoms with Gasteiger partial charge in [-0.1, -0.05) is 93.0 Å².